The molecule has 1 saturated heterocycles. The van der Waals surface area contributed by atoms with E-state index in [1.807, 2.05) is 6.92 Å². The standard InChI is InChI=1S/C23H27FN2O4/c1-16(17-3-7-19(24)8-4-17)25-23(28)18-5-9-20(10-6-18)30-21-11-13-26(14-12-21)22(27)15-29-2/h3-10,16,21H,11-15H2,1-2H3,(H,25,28)/t16-/m0/s1. The van der Waals surface area contributed by atoms with Crippen molar-refractivity contribution in [3.63, 3.8) is 0 Å². The van der Waals surface area contributed by atoms with Gasteiger partial charge in [-0.1, -0.05) is 12.1 Å². The molecule has 7 heteroatoms. The topological polar surface area (TPSA) is 67.9 Å². The molecule has 2 aromatic rings. The smallest absolute Gasteiger partial charge is 0.251 e. The van der Waals surface area contributed by atoms with Crippen LogP contribution in [-0.4, -0.2) is 49.6 Å². The Kier molecular flexibility index (Phi) is 7.41. The van der Waals surface area contributed by atoms with Gasteiger partial charge in [-0.2, -0.15) is 0 Å². The molecular weight excluding hydrogens is 387 g/mol. The first-order chi connectivity index (χ1) is 14.5. The van der Waals surface area contributed by atoms with Gasteiger partial charge in [0.15, 0.2) is 0 Å². The predicted molar refractivity (Wildman–Crippen MR) is 111 cm³/mol. The van der Waals surface area contributed by atoms with Crippen molar-refractivity contribution < 1.29 is 23.5 Å². The van der Waals surface area contributed by atoms with Gasteiger partial charge in [-0.15, -0.1) is 0 Å². The van der Waals surface area contributed by atoms with Gasteiger partial charge in [0.2, 0.25) is 5.91 Å². The van der Waals surface area contributed by atoms with Crippen molar-refractivity contribution in [2.75, 3.05) is 26.8 Å². The molecule has 1 fully saturated rings. The Morgan fingerprint density at radius 1 is 1.10 bits per heavy atom. The van der Waals surface area contributed by atoms with Crippen molar-refractivity contribution in [3.05, 3.63) is 65.5 Å². The summed E-state index contributed by atoms with van der Waals surface area (Å²) in [6.45, 7) is 3.25. The third-order valence-electron chi connectivity index (χ3n) is 5.20. The maximum Gasteiger partial charge on any atom is 0.251 e. The molecule has 0 unspecified atom stereocenters. The van der Waals surface area contributed by atoms with Gasteiger partial charge in [0, 0.05) is 38.6 Å². The van der Waals surface area contributed by atoms with Crippen LogP contribution in [-0.2, 0) is 9.53 Å². The number of nitrogens with zero attached hydrogens (tertiary/aromatic N) is 1. The number of hydrogen-bond acceptors (Lipinski definition) is 4. The molecule has 2 aromatic carbocycles. The van der Waals surface area contributed by atoms with E-state index in [1.54, 1.807) is 41.3 Å². The lowest BCUT2D eigenvalue weighted by molar-refractivity contribution is -0.136. The van der Waals surface area contributed by atoms with E-state index in [0.29, 0.717) is 24.4 Å². The molecule has 1 aliphatic rings. The summed E-state index contributed by atoms with van der Waals surface area (Å²) in [6, 6.07) is 12.8. The Labute approximate surface area is 176 Å². The van der Waals surface area contributed by atoms with Gasteiger partial charge in [0.1, 0.15) is 24.3 Å². The summed E-state index contributed by atoms with van der Waals surface area (Å²) in [5.41, 5.74) is 1.36. The summed E-state index contributed by atoms with van der Waals surface area (Å²) in [4.78, 5) is 26.1. The number of hydrogen-bond donors (Lipinski definition) is 1. The van der Waals surface area contributed by atoms with E-state index in [2.05, 4.69) is 5.32 Å². The maximum atomic E-state index is 13.0. The van der Waals surface area contributed by atoms with Crippen LogP contribution in [0.4, 0.5) is 4.39 Å². The Bertz CT molecular complexity index is 847. The predicted octanol–water partition coefficient (Wildman–Crippen LogP) is 3.33. The first-order valence-corrected chi connectivity index (χ1v) is 10.1. The number of ether oxygens (including phenoxy) is 2. The number of piperidine rings is 1. The van der Waals surface area contributed by atoms with Gasteiger partial charge in [0.25, 0.3) is 5.91 Å². The molecule has 0 radical (unpaired) electrons. The summed E-state index contributed by atoms with van der Waals surface area (Å²) in [7, 11) is 1.52. The van der Waals surface area contributed by atoms with E-state index < -0.39 is 0 Å². The molecule has 1 N–H and O–H groups in total. The molecule has 2 amide bonds. The Hall–Kier alpha value is -2.93. The molecular formula is C23H27FN2O4. The fourth-order valence-corrected chi connectivity index (χ4v) is 3.43. The van der Waals surface area contributed by atoms with E-state index in [1.165, 1.54) is 19.2 Å². The average molecular weight is 414 g/mol. The minimum absolute atomic E-state index is 0.00109. The van der Waals surface area contributed by atoms with E-state index in [0.717, 1.165) is 18.4 Å². The van der Waals surface area contributed by atoms with E-state index in [4.69, 9.17) is 9.47 Å². The van der Waals surface area contributed by atoms with Gasteiger partial charge in [-0.05, 0) is 48.9 Å². The highest BCUT2D eigenvalue weighted by atomic mass is 19.1. The quantitative estimate of drug-likeness (QED) is 0.755. The third kappa shape index (κ3) is 5.79. The number of methoxy groups -OCH3 is 1. The van der Waals surface area contributed by atoms with Crippen LogP contribution in [0.2, 0.25) is 0 Å². The van der Waals surface area contributed by atoms with Crippen molar-refractivity contribution in [2.24, 2.45) is 0 Å². The Balaban J connectivity index is 1.49. The average Bonchev–Trinajstić information content (AvgIpc) is 2.75. The number of rotatable bonds is 7. The van der Waals surface area contributed by atoms with Crippen molar-refractivity contribution >= 4 is 11.8 Å². The van der Waals surface area contributed by atoms with Crippen molar-refractivity contribution in [2.45, 2.75) is 31.9 Å². The Morgan fingerprint density at radius 3 is 2.33 bits per heavy atom. The van der Waals surface area contributed by atoms with Gasteiger partial charge < -0.3 is 19.7 Å². The molecule has 0 aromatic heterocycles. The molecule has 0 spiro atoms. The van der Waals surface area contributed by atoms with E-state index in [-0.39, 0.29) is 36.4 Å². The number of halogens is 1. The van der Waals surface area contributed by atoms with Crippen LogP contribution >= 0.6 is 0 Å². The minimum atomic E-state index is -0.305. The Morgan fingerprint density at radius 2 is 1.73 bits per heavy atom. The molecule has 0 aliphatic carbocycles. The lowest BCUT2D eigenvalue weighted by Crippen LogP contribution is -2.43. The number of carbonyl (C=O) groups excluding carboxylic acids is 2. The summed E-state index contributed by atoms with van der Waals surface area (Å²) in [5, 5.41) is 2.91. The number of benzene rings is 2. The van der Waals surface area contributed by atoms with Gasteiger partial charge in [-0.3, -0.25) is 9.59 Å². The molecule has 1 atom stereocenters. The van der Waals surface area contributed by atoms with Crippen molar-refractivity contribution in [1.82, 2.24) is 10.2 Å². The second-order valence-corrected chi connectivity index (χ2v) is 7.40. The number of nitrogens with one attached hydrogen (secondary N) is 1. The monoisotopic (exact) mass is 414 g/mol. The summed E-state index contributed by atoms with van der Waals surface area (Å²) in [5.74, 6) is 0.185. The summed E-state index contributed by atoms with van der Waals surface area (Å²) >= 11 is 0. The highest BCUT2D eigenvalue weighted by Gasteiger charge is 2.23. The van der Waals surface area contributed by atoms with Crippen LogP contribution in [0.25, 0.3) is 0 Å². The van der Waals surface area contributed by atoms with E-state index in [9.17, 15) is 14.0 Å². The van der Waals surface area contributed by atoms with Gasteiger partial charge in [0.05, 0.1) is 6.04 Å². The van der Waals surface area contributed by atoms with Crippen LogP contribution in [0.3, 0.4) is 0 Å². The van der Waals surface area contributed by atoms with Crippen molar-refractivity contribution in [3.8, 4) is 5.75 Å². The first-order valence-electron chi connectivity index (χ1n) is 10.1. The fraction of sp³-hybridized carbons (Fsp3) is 0.391. The highest BCUT2D eigenvalue weighted by molar-refractivity contribution is 5.94. The van der Waals surface area contributed by atoms with Crippen LogP contribution in [0.1, 0.15) is 41.7 Å². The number of amides is 2. The van der Waals surface area contributed by atoms with Gasteiger partial charge in [-0.25, -0.2) is 4.39 Å². The fourth-order valence-electron chi connectivity index (χ4n) is 3.43. The minimum Gasteiger partial charge on any atom is -0.490 e. The first kappa shape index (κ1) is 21.8. The second kappa shape index (κ2) is 10.2. The van der Waals surface area contributed by atoms with E-state index >= 15 is 0 Å². The summed E-state index contributed by atoms with van der Waals surface area (Å²) < 4.78 is 23.9. The maximum absolute atomic E-state index is 13.0. The molecule has 0 bridgehead atoms. The van der Waals surface area contributed by atoms with Gasteiger partial charge >= 0.3 is 0 Å². The largest absolute Gasteiger partial charge is 0.490 e. The van der Waals surface area contributed by atoms with Crippen LogP contribution in [0.5, 0.6) is 5.75 Å². The molecule has 30 heavy (non-hydrogen) atoms. The lowest BCUT2D eigenvalue weighted by atomic mass is 10.1. The molecule has 160 valence electrons. The van der Waals surface area contributed by atoms with Crippen molar-refractivity contribution in [1.29, 1.82) is 0 Å². The molecule has 1 heterocycles. The zero-order valence-corrected chi connectivity index (χ0v) is 17.3. The summed E-state index contributed by atoms with van der Waals surface area (Å²) in [6.07, 6.45) is 1.55. The SMILES string of the molecule is COCC(=O)N1CCC(Oc2ccc(C(=O)N[C@@H](C)c3ccc(F)cc3)cc2)CC1. The van der Waals surface area contributed by atoms with Crippen LogP contribution in [0.15, 0.2) is 48.5 Å². The third-order valence-corrected chi connectivity index (χ3v) is 5.20. The lowest BCUT2D eigenvalue weighted by Gasteiger charge is -2.32. The molecule has 1 aliphatic heterocycles. The zero-order valence-electron chi connectivity index (χ0n) is 17.3. The second-order valence-electron chi connectivity index (χ2n) is 7.40. The molecule has 3 rings (SSSR count). The number of carbonyl (C=O) groups is 2. The van der Waals surface area contributed by atoms with Crippen LogP contribution in [0, 0.1) is 5.82 Å². The zero-order chi connectivity index (χ0) is 21.5. The molecule has 0 saturated carbocycles. The molecule has 6 nitrogen and oxygen atoms in total. The van der Waals surface area contributed by atoms with Crippen LogP contribution < -0.4 is 10.1 Å². The number of likely N-dealkylation sites (tertiary alicyclic amines) is 1. The highest BCUT2D eigenvalue weighted by Crippen LogP contribution is 2.20. The normalized spacial score (nSPS) is 15.5.